The smallest absolute Gasteiger partial charge is 0.305 e. The van der Waals surface area contributed by atoms with Crippen LogP contribution in [0.1, 0.15) is 39.5 Å². The molecular weight excluding hydrogens is 168 g/mol. The third kappa shape index (κ3) is 6.31. The number of esters is 1. The first-order valence-corrected chi connectivity index (χ1v) is 4.85. The third-order valence-corrected chi connectivity index (χ3v) is 1.99. The van der Waals surface area contributed by atoms with E-state index in [4.69, 9.17) is 4.74 Å². The molecule has 0 aliphatic rings. The molecule has 76 valence electrons. The van der Waals surface area contributed by atoms with Crippen molar-refractivity contribution in [1.82, 2.24) is 0 Å². The van der Waals surface area contributed by atoms with Crippen LogP contribution in [0.3, 0.4) is 0 Å². The Labute approximate surface area is 79.5 Å². The normalized spacial score (nSPS) is 12.2. The summed E-state index contributed by atoms with van der Waals surface area (Å²) in [6.07, 6.45) is 3.86. The summed E-state index contributed by atoms with van der Waals surface area (Å²) >= 11 is 0. The van der Waals surface area contributed by atoms with Crippen molar-refractivity contribution in [3.63, 3.8) is 0 Å². The van der Waals surface area contributed by atoms with E-state index in [1.807, 2.05) is 6.92 Å². The lowest BCUT2D eigenvalue weighted by Gasteiger charge is -2.06. The molecule has 0 heterocycles. The topological polar surface area (TPSA) is 43.4 Å². The lowest BCUT2D eigenvalue weighted by Crippen LogP contribution is -2.06. The molecule has 0 N–H and O–H groups in total. The van der Waals surface area contributed by atoms with Gasteiger partial charge < -0.3 is 9.53 Å². The zero-order chi connectivity index (χ0) is 10.1. The van der Waals surface area contributed by atoms with Crippen molar-refractivity contribution in [3.05, 3.63) is 0 Å². The molecule has 0 bridgehead atoms. The second kappa shape index (κ2) is 7.77. The van der Waals surface area contributed by atoms with Crippen LogP contribution in [-0.2, 0) is 14.3 Å². The summed E-state index contributed by atoms with van der Waals surface area (Å²) in [5.41, 5.74) is 0. The van der Waals surface area contributed by atoms with Crippen molar-refractivity contribution in [1.29, 1.82) is 0 Å². The van der Waals surface area contributed by atoms with E-state index in [1.165, 1.54) is 0 Å². The van der Waals surface area contributed by atoms with Crippen molar-refractivity contribution < 1.29 is 14.3 Å². The maximum atomic E-state index is 10.7. The fourth-order valence-electron chi connectivity index (χ4n) is 1.00. The first-order chi connectivity index (χ1) is 6.24. The Morgan fingerprint density at radius 1 is 1.46 bits per heavy atom. The molecule has 0 spiro atoms. The Balaban J connectivity index is 3.33. The van der Waals surface area contributed by atoms with Gasteiger partial charge >= 0.3 is 5.97 Å². The van der Waals surface area contributed by atoms with E-state index in [1.54, 1.807) is 6.92 Å². The summed E-state index contributed by atoms with van der Waals surface area (Å²) in [5.74, 6) is -0.0421. The highest BCUT2D eigenvalue weighted by atomic mass is 16.5. The Kier molecular flexibility index (Phi) is 7.26. The van der Waals surface area contributed by atoms with Gasteiger partial charge in [0.1, 0.15) is 6.29 Å². The molecule has 1 unspecified atom stereocenters. The van der Waals surface area contributed by atoms with Crippen molar-refractivity contribution in [2.45, 2.75) is 39.5 Å². The zero-order valence-electron chi connectivity index (χ0n) is 8.41. The van der Waals surface area contributed by atoms with Crippen LogP contribution in [0.25, 0.3) is 0 Å². The van der Waals surface area contributed by atoms with Crippen molar-refractivity contribution in [2.75, 3.05) is 6.61 Å². The van der Waals surface area contributed by atoms with Crippen molar-refractivity contribution >= 4 is 12.3 Å². The molecule has 13 heavy (non-hydrogen) atoms. The summed E-state index contributed by atoms with van der Waals surface area (Å²) in [6.45, 7) is 4.19. The van der Waals surface area contributed by atoms with Gasteiger partial charge in [-0.15, -0.1) is 0 Å². The van der Waals surface area contributed by atoms with Gasteiger partial charge in [0, 0.05) is 12.3 Å². The van der Waals surface area contributed by atoms with Crippen molar-refractivity contribution in [3.8, 4) is 0 Å². The van der Waals surface area contributed by atoms with Crippen LogP contribution in [0.2, 0.25) is 0 Å². The Morgan fingerprint density at radius 2 is 2.15 bits per heavy atom. The molecule has 0 aliphatic heterocycles. The molecule has 0 rings (SSSR count). The van der Waals surface area contributed by atoms with Crippen LogP contribution in [0.15, 0.2) is 0 Å². The quantitative estimate of drug-likeness (QED) is 0.347. The van der Waals surface area contributed by atoms with Crippen LogP contribution in [0, 0.1) is 5.92 Å². The van der Waals surface area contributed by atoms with Gasteiger partial charge in [0.15, 0.2) is 0 Å². The number of hydrogen-bond acceptors (Lipinski definition) is 3. The summed E-state index contributed by atoms with van der Waals surface area (Å²) in [6, 6.07) is 0. The second-order valence-electron chi connectivity index (χ2n) is 3.02. The zero-order valence-corrected chi connectivity index (χ0v) is 8.41. The van der Waals surface area contributed by atoms with Crippen LogP contribution in [-0.4, -0.2) is 18.9 Å². The highest BCUT2D eigenvalue weighted by Gasteiger charge is 2.04. The predicted octanol–water partition coefficient (Wildman–Crippen LogP) is 1.94. The van der Waals surface area contributed by atoms with Gasteiger partial charge in [0.05, 0.1) is 6.61 Å². The summed E-state index contributed by atoms with van der Waals surface area (Å²) in [4.78, 5) is 21.1. The predicted molar refractivity (Wildman–Crippen MR) is 50.3 cm³/mol. The van der Waals surface area contributed by atoms with Gasteiger partial charge in [-0.05, 0) is 19.3 Å². The molecule has 0 aromatic rings. The van der Waals surface area contributed by atoms with E-state index in [2.05, 4.69) is 0 Å². The van der Waals surface area contributed by atoms with E-state index in [0.29, 0.717) is 13.0 Å². The van der Waals surface area contributed by atoms with Gasteiger partial charge in [0.2, 0.25) is 0 Å². The molecule has 0 aromatic heterocycles. The van der Waals surface area contributed by atoms with Gasteiger partial charge in [-0.25, -0.2) is 0 Å². The minimum atomic E-state index is -0.167. The number of carbonyl (C=O) groups is 2. The third-order valence-electron chi connectivity index (χ3n) is 1.99. The van der Waals surface area contributed by atoms with E-state index in [9.17, 15) is 9.59 Å². The largest absolute Gasteiger partial charge is 0.466 e. The van der Waals surface area contributed by atoms with E-state index in [0.717, 1.165) is 25.5 Å². The number of rotatable bonds is 7. The monoisotopic (exact) mass is 186 g/mol. The number of carbonyl (C=O) groups excluding carboxylic acids is 2. The molecule has 0 amide bonds. The Bertz CT molecular complexity index is 154. The van der Waals surface area contributed by atoms with Crippen LogP contribution >= 0.6 is 0 Å². The average Bonchev–Trinajstić information content (AvgIpc) is 2.18. The first-order valence-electron chi connectivity index (χ1n) is 4.85. The van der Waals surface area contributed by atoms with Gasteiger partial charge in [-0.3, -0.25) is 4.79 Å². The molecule has 0 saturated carbocycles. The number of ether oxygens (including phenoxy) is 1. The fraction of sp³-hybridized carbons (Fsp3) is 0.800. The molecule has 3 nitrogen and oxygen atoms in total. The minimum Gasteiger partial charge on any atom is -0.466 e. The maximum absolute atomic E-state index is 10.7. The van der Waals surface area contributed by atoms with Gasteiger partial charge in [-0.1, -0.05) is 13.8 Å². The maximum Gasteiger partial charge on any atom is 0.305 e. The summed E-state index contributed by atoms with van der Waals surface area (Å²) in [7, 11) is 0. The fourth-order valence-corrected chi connectivity index (χ4v) is 1.00. The lowest BCUT2D eigenvalue weighted by molar-refractivity contribution is -0.143. The molecule has 3 heteroatoms. The molecule has 0 fully saturated rings. The van der Waals surface area contributed by atoms with Crippen LogP contribution < -0.4 is 0 Å². The number of aldehydes is 1. The highest BCUT2D eigenvalue weighted by Crippen LogP contribution is 2.07. The molecule has 0 radical (unpaired) electrons. The molecule has 1 atom stereocenters. The second-order valence-corrected chi connectivity index (χ2v) is 3.02. The van der Waals surface area contributed by atoms with Crippen LogP contribution in [0.5, 0.6) is 0 Å². The van der Waals surface area contributed by atoms with E-state index < -0.39 is 0 Å². The highest BCUT2D eigenvalue weighted by molar-refractivity contribution is 5.68. The van der Waals surface area contributed by atoms with E-state index in [-0.39, 0.29) is 11.9 Å². The molecule has 0 aliphatic carbocycles. The average molecular weight is 186 g/mol. The molecule has 0 saturated heterocycles. The summed E-state index contributed by atoms with van der Waals surface area (Å²) in [5, 5.41) is 0. The Hall–Kier alpha value is -0.860. The molecular formula is C10H18O3. The standard InChI is InChI=1S/C10H18O3/c1-3-9(8-11)6-5-7-13-10(12)4-2/h8-9H,3-7H2,1-2H3. The van der Waals surface area contributed by atoms with E-state index >= 15 is 0 Å². The van der Waals surface area contributed by atoms with Gasteiger partial charge in [-0.2, -0.15) is 0 Å². The minimum absolute atomic E-state index is 0.125. The van der Waals surface area contributed by atoms with Gasteiger partial charge in [0.25, 0.3) is 0 Å². The first kappa shape index (κ1) is 12.1. The SMILES string of the molecule is CCC(=O)OCCCC(C=O)CC. The summed E-state index contributed by atoms with van der Waals surface area (Å²) < 4.78 is 4.88. The molecule has 0 aromatic carbocycles. The van der Waals surface area contributed by atoms with Crippen LogP contribution in [0.4, 0.5) is 0 Å². The number of hydrogen-bond donors (Lipinski definition) is 0. The van der Waals surface area contributed by atoms with Crippen molar-refractivity contribution in [2.24, 2.45) is 5.92 Å². The lowest BCUT2D eigenvalue weighted by atomic mass is 10.0. The Morgan fingerprint density at radius 3 is 2.62 bits per heavy atom.